The van der Waals surface area contributed by atoms with Crippen molar-refractivity contribution in [2.24, 2.45) is 0 Å². The summed E-state index contributed by atoms with van der Waals surface area (Å²) in [6.45, 7) is 0. The fraction of sp³-hybridized carbons (Fsp3) is 0.0769. The van der Waals surface area contributed by atoms with Crippen molar-refractivity contribution >= 4 is 69.9 Å². The third-order valence-corrected chi connectivity index (χ3v) is 7.31. The molecule has 2 N–H and O–H groups in total. The normalized spacial score (nSPS) is 10.6. The van der Waals surface area contributed by atoms with Crippen molar-refractivity contribution in [2.75, 3.05) is 22.1 Å². The number of pyridine rings is 2. The zero-order valence-electron chi connectivity index (χ0n) is 18.8. The van der Waals surface area contributed by atoms with Gasteiger partial charge in [0.1, 0.15) is 0 Å². The summed E-state index contributed by atoms with van der Waals surface area (Å²) < 4.78 is 0. The van der Waals surface area contributed by atoms with Crippen molar-refractivity contribution in [2.45, 2.75) is 10.1 Å². The van der Waals surface area contributed by atoms with Gasteiger partial charge in [0.2, 0.25) is 11.8 Å². The molecule has 2 heterocycles. The van der Waals surface area contributed by atoms with E-state index in [9.17, 15) is 9.59 Å². The van der Waals surface area contributed by atoms with Gasteiger partial charge < -0.3 is 10.6 Å². The van der Waals surface area contributed by atoms with Crippen molar-refractivity contribution in [1.29, 1.82) is 0 Å². The highest BCUT2D eigenvalue weighted by Gasteiger charge is 2.11. The number of halogens is 2. The number of hydrogen-bond donors (Lipinski definition) is 2. The third-order valence-electron chi connectivity index (χ3n) is 4.80. The van der Waals surface area contributed by atoms with Crippen LogP contribution >= 0.6 is 46.7 Å². The van der Waals surface area contributed by atoms with Crippen molar-refractivity contribution < 1.29 is 9.59 Å². The van der Waals surface area contributed by atoms with Gasteiger partial charge in [0.25, 0.3) is 0 Å². The summed E-state index contributed by atoms with van der Waals surface area (Å²) >= 11 is 15.6. The molecule has 4 rings (SSSR count). The predicted octanol–water partition coefficient (Wildman–Crippen LogP) is 6.91. The Balaban J connectivity index is 1.34. The Hall–Kier alpha value is -3.04. The lowest BCUT2D eigenvalue weighted by Crippen LogP contribution is -2.14. The molecular formula is C26H20Cl2N4O2S2. The molecule has 0 unspecified atom stereocenters. The molecule has 0 atom stereocenters. The van der Waals surface area contributed by atoms with Crippen LogP contribution in [0.2, 0.25) is 10.0 Å². The third kappa shape index (κ3) is 7.48. The first-order chi connectivity index (χ1) is 17.5. The van der Waals surface area contributed by atoms with Crippen LogP contribution in [-0.4, -0.2) is 33.3 Å². The molecule has 0 aliphatic heterocycles. The number of aromatic nitrogens is 2. The van der Waals surface area contributed by atoms with E-state index in [-0.39, 0.29) is 23.3 Å². The first-order valence-corrected chi connectivity index (χ1v) is 13.5. The molecule has 6 nitrogen and oxygen atoms in total. The first-order valence-electron chi connectivity index (χ1n) is 10.7. The molecule has 0 radical (unpaired) electrons. The van der Waals surface area contributed by atoms with Crippen LogP contribution in [0.15, 0.2) is 95.2 Å². The maximum atomic E-state index is 12.3. The Bertz CT molecular complexity index is 1250. The van der Waals surface area contributed by atoms with Crippen molar-refractivity contribution in [3.63, 3.8) is 0 Å². The van der Waals surface area contributed by atoms with Gasteiger partial charge in [-0.1, -0.05) is 71.0 Å². The summed E-state index contributed by atoms with van der Waals surface area (Å²) in [5.41, 5.74) is 2.69. The van der Waals surface area contributed by atoms with Gasteiger partial charge in [0.15, 0.2) is 0 Å². The van der Waals surface area contributed by atoms with Gasteiger partial charge in [-0.15, -0.1) is 0 Å². The number of nitrogens with one attached hydrogen (secondary N) is 2. The quantitative estimate of drug-likeness (QED) is 0.218. The second-order valence-corrected chi connectivity index (χ2v) is 10.2. The lowest BCUT2D eigenvalue weighted by molar-refractivity contribution is -0.114. The molecule has 0 saturated carbocycles. The van der Waals surface area contributed by atoms with Gasteiger partial charge in [-0.25, -0.2) is 9.97 Å². The molecular weight excluding hydrogens is 535 g/mol. The van der Waals surface area contributed by atoms with Crippen LogP contribution in [0.3, 0.4) is 0 Å². The van der Waals surface area contributed by atoms with E-state index in [2.05, 4.69) is 20.6 Å². The van der Waals surface area contributed by atoms with E-state index < -0.39 is 0 Å². The standard InChI is InChI=1S/C26H20Cl2N4O2S2/c27-19-13-17(7-9-21(19)31-23(33)15-35-25-5-1-3-11-29-25)18-8-10-22(20(28)14-18)32-24(34)16-36-26-6-2-4-12-30-26/h1-14H,15-16H2,(H,31,33)(H,32,34). The topological polar surface area (TPSA) is 84.0 Å². The fourth-order valence-electron chi connectivity index (χ4n) is 3.11. The van der Waals surface area contributed by atoms with E-state index in [0.717, 1.165) is 21.2 Å². The van der Waals surface area contributed by atoms with Crippen LogP contribution in [0.1, 0.15) is 0 Å². The van der Waals surface area contributed by atoms with E-state index >= 15 is 0 Å². The minimum atomic E-state index is -0.176. The van der Waals surface area contributed by atoms with Gasteiger partial charge in [-0.05, 0) is 59.7 Å². The highest BCUT2D eigenvalue weighted by atomic mass is 35.5. The average Bonchev–Trinajstić information content (AvgIpc) is 2.90. The van der Waals surface area contributed by atoms with Gasteiger partial charge in [-0.2, -0.15) is 0 Å². The smallest absolute Gasteiger partial charge is 0.234 e. The molecule has 182 valence electrons. The summed E-state index contributed by atoms with van der Waals surface area (Å²) in [6, 6.07) is 21.8. The molecule has 0 aliphatic rings. The van der Waals surface area contributed by atoms with E-state index in [1.807, 2.05) is 48.5 Å². The lowest BCUT2D eigenvalue weighted by atomic mass is 10.0. The molecule has 0 fully saturated rings. The largest absolute Gasteiger partial charge is 0.324 e. The van der Waals surface area contributed by atoms with Crippen molar-refractivity contribution in [3.8, 4) is 11.1 Å². The first kappa shape index (κ1) is 26.0. The molecule has 4 aromatic rings. The SMILES string of the molecule is O=C(CSc1ccccn1)Nc1ccc(-c2ccc(NC(=O)CSc3ccccn3)c(Cl)c2)cc1Cl. The highest BCUT2D eigenvalue weighted by Crippen LogP contribution is 2.33. The fourth-order valence-corrected chi connectivity index (χ4v) is 4.89. The van der Waals surface area contributed by atoms with E-state index in [0.29, 0.717) is 21.4 Å². The second-order valence-electron chi connectivity index (χ2n) is 7.40. The lowest BCUT2D eigenvalue weighted by Gasteiger charge is -2.11. The molecule has 0 spiro atoms. The molecule has 36 heavy (non-hydrogen) atoms. The predicted molar refractivity (Wildman–Crippen MR) is 149 cm³/mol. The molecule has 0 aliphatic carbocycles. The Morgan fingerprint density at radius 3 is 1.47 bits per heavy atom. The molecule has 10 heteroatoms. The number of carbonyl (C=O) groups excluding carboxylic acids is 2. The summed E-state index contributed by atoms with van der Waals surface area (Å²) in [7, 11) is 0. The molecule has 0 bridgehead atoms. The summed E-state index contributed by atoms with van der Waals surface area (Å²) in [6.07, 6.45) is 3.37. The number of nitrogens with zero attached hydrogens (tertiary/aromatic N) is 2. The number of hydrogen-bond acceptors (Lipinski definition) is 6. The average molecular weight is 556 g/mol. The number of carbonyl (C=O) groups is 2. The number of benzene rings is 2. The Morgan fingerprint density at radius 1 is 0.667 bits per heavy atom. The Kier molecular flexibility index (Phi) is 9.24. The van der Waals surface area contributed by atoms with E-state index in [1.54, 1.807) is 36.7 Å². The Labute approximate surface area is 227 Å². The number of rotatable bonds is 9. The number of anilines is 2. The van der Waals surface area contributed by atoms with Gasteiger partial charge in [-0.3, -0.25) is 9.59 Å². The zero-order chi connectivity index (χ0) is 25.3. The monoisotopic (exact) mass is 554 g/mol. The highest BCUT2D eigenvalue weighted by molar-refractivity contribution is 8.00. The second kappa shape index (κ2) is 12.8. The van der Waals surface area contributed by atoms with Crippen LogP contribution in [-0.2, 0) is 9.59 Å². The van der Waals surface area contributed by atoms with Gasteiger partial charge >= 0.3 is 0 Å². The number of amides is 2. The zero-order valence-corrected chi connectivity index (χ0v) is 21.9. The summed E-state index contributed by atoms with van der Waals surface area (Å²) in [4.78, 5) is 33.0. The van der Waals surface area contributed by atoms with Crippen LogP contribution < -0.4 is 10.6 Å². The summed E-state index contributed by atoms with van der Waals surface area (Å²) in [5, 5.41) is 8.01. The molecule has 2 amide bonds. The maximum Gasteiger partial charge on any atom is 0.234 e. The van der Waals surface area contributed by atoms with Crippen LogP contribution in [0.4, 0.5) is 11.4 Å². The van der Waals surface area contributed by atoms with Gasteiger partial charge in [0, 0.05) is 12.4 Å². The molecule has 2 aromatic heterocycles. The Morgan fingerprint density at radius 2 is 1.11 bits per heavy atom. The minimum Gasteiger partial charge on any atom is -0.324 e. The van der Waals surface area contributed by atoms with Crippen LogP contribution in [0.5, 0.6) is 0 Å². The van der Waals surface area contributed by atoms with Crippen LogP contribution in [0, 0.1) is 0 Å². The number of thioether (sulfide) groups is 2. The molecule has 0 saturated heterocycles. The van der Waals surface area contributed by atoms with Crippen molar-refractivity contribution in [1.82, 2.24) is 9.97 Å². The van der Waals surface area contributed by atoms with Crippen LogP contribution in [0.25, 0.3) is 11.1 Å². The summed E-state index contributed by atoms with van der Waals surface area (Å²) in [5.74, 6) is 0.0885. The van der Waals surface area contributed by atoms with E-state index in [4.69, 9.17) is 23.2 Å². The van der Waals surface area contributed by atoms with E-state index in [1.165, 1.54) is 23.5 Å². The van der Waals surface area contributed by atoms with Gasteiger partial charge in [0.05, 0.1) is 43.0 Å². The maximum absolute atomic E-state index is 12.3. The van der Waals surface area contributed by atoms with Crippen molar-refractivity contribution in [3.05, 3.63) is 95.2 Å². The minimum absolute atomic E-state index is 0.176. The molecule has 2 aromatic carbocycles.